The predicted molar refractivity (Wildman–Crippen MR) is 383 cm³/mol. The summed E-state index contributed by atoms with van der Waals surface area (Å²) in [5.41, 5.74) is 2.61. The number of carbonyl (C=O) groups is 7. The highest BCUT2D eigenvalue weighted by molar-refractivity contribution is 5.92. The Morgan fingerprint density at radius 2 is 0.626 bits per heavy atom. The maximum Gasteiger partial charge on any atom is 0.338 e. The van der Waals surface area contributed by atoms with Gasteiger partial charge < -0.3 is 76.4 Å². The maximum absolute atomic E-state index is 15.3. The van der Waals surface area contributed by atoms with Crippen molar-refractivity contribution in [2.45, 2.75) is 119 Å². The largest absolute Gasteiger partial charge is 0.459 e. The third-order valence-electron chi connectivity index (χ3n) is 17.8. The standard InChI is InChI=1S/C84H79NO22/c1-54(86)85-67-71(103-79(90)61-42-24-9-25-43-61)69(106-84-75(105-81(92)63-46-28-11-29-47-63)73(104-80(91)62-44-26-10-27-45-62)70(102-78(89)60-40-22-8-23-41-60)66(101-84)53-98-77(88)59-38-20-7-21-39-59)65(52-97-76(87)58-36-18-6-19-37-58)99-82(67)107-72-68(95-49-56-32-14-4-15-33-56)64(51-94-48-55-30-12-3-13-31-55)100-83(93-2)74(72)96-50-57-34-16-5-17-35-57/h3-47,64-75,82-84H,48-53H2,1-2H3,(H,85,86)/t64-,65-,66-,67-,68+,69-,70+,71-,72+,73+,74-,75-,82+,83-,84+/m1/s1. The van der Waals surface area contributed by atoms with Crippen LogP contribution in [-0.2, 0) is 95.7 Å². The van der Waals surface area contributed by atoms with Gasteiger partial charge in [0.15, 0.2) is 43.3 Å². The molecular weight excluding hydrogens is 1370 g/mol. The minimum atomic E-state index is -2.13. The van der Waals surface area contributed by atoms with Gasteiger partial charge in [-0.25, -0.2) is 28.8 Å². The third-order valence-corrected chi connectivity index (χ3v) is 17.8. The molecule has 107 heavy (non-hydrogen) atoms. The monoisotopic (exact) mass is 1450 g/mol. The van der Waals surface area contributed by atoms with Crippen molar-refractivity contribution in [3.05, 3.63) is 323 Å². The lowest BCUT2D eigenvalue weighted by Gasteiger charge is -2.51. The van der Waals surface area contributed by atoms with E-state index < -0.39 is 147 Å². The molecule has 3 aliphatic rings. The number of esters is 6. The van der Waals surface area contributed by atoms with Gasteiger partial charge in [-0.3, -0.25) is 4.79 Å². The highest BCUT2D eigenvalue weighted by Crippen LogP contribution is 2.39. The number of amides is 1. The number of ether oxygens (including phenoxy) is 15. The van der Waals surface area contributed by atoms with E-state index >= 15 is 4.79 Å². The normalized spacial score (nSPS) is 23.9. The quantitative estimate of drug-likeness (QED) is 0.0324. The molecule has 0 aliphatic carbocycles. The first-order valence-corrected chi connectivity index (χ1v) is 34.8. The van der Waals surface area contributed by atoms with Crippen LogP contribution in [0, 0.1) is 0 Å². The van der Waals surface area contributed by atoms with Gasteiger partial charge in [0.25, 0.3) is 0 Å². The lowest BCUT2D eigenvalue weighted by Crippen LogP contribution is -2.70. The molecule has 23 nitrogen and oxygen atoms in total. The molecule has 0 bridgehead atoms. The van der Waals surface area contributed by atoms with E-state index in [2.05, 4.69) is 5.32 Å². The molecule has 3 saturated heterocycles. The van der Waals surface area contributed by atoms with Crippen LogP contribution in [0.4, 0.5) is 0 Å². The van der Waals surface area contributed by atoms with Crippen molar-refractivity contribution < 1.29 is 105 Å². The summed E-state index contributed by atoms with van der Waals surface area (Å²) in [5.74, 6) is -6.46. The molecule has 3 heterocycles. The fraction of sp³-hybridized carbons (Fsp3) is 0.274. The van der Waals surface area contributed by atoms with Gasteiger partial charge in [-0.1, -0.05) is 200 Å². The van der Waals surface area contributed by atoms with Crippen LogP contribution in [0.1, 0.15) is 85.8 Å². The number of hydrogen-bond donors (Lipinski definition) is 1. The summed E-state index contributed by atoms with van der Waals surface area (Å²) >= 11 is 0. The van der Waals surface area contributed by atoms with Crippen LogP contribution in [0.15, 0.2) is 273 Å². The van der Waals surface area contributed by atoms with Crippen LogP contribution in [-0.4, -0.2) is 161 Å². The molecular formula is C84H79NO22. The first kappa shape index (κ1) is 75.6. The van der Waals surface area contributed by atoms with Crippen LogP contribution >= 0.6 is 0 Å². The zero-order valence-corrected chi connectivity index (χ0v) is 58.4. The summed E-state index contributed by atoms with van der Waals surface area (Å²) in [7, 11) is 1.43. The molecule has 9 aromatic rings. The molecule has 0 unspecified atom stereocenters. The van der Waals surface area contributed by atoms with Gasteiger partial charge in [-0.05, 0) is 89.5 Å². The van der Waals surface area contributed by atoms with Crippen LogP contribution < -0.4 is 5.32 Å². The summed E-state index contributed by atoms with van der Waals surface area (Å²) in [6, 6.07) is 73.5. The molecule has 15 atom stereocenters. The number of nitrogens with one attached hydrogen (secondary N) is 1. The van der Waals surface area contributed by atoms with Crippen molar-refractivity contribution in [3.63, 3.8) is 0 Å². The van der Waals surface area contributed by atoms with Crippen LogP contribution in [0.5, 0.6) is 0 Å². The maximum atomic E-state index is 15.3. The summed E-state index contributed by atoms with van der Waals surface area (Å²) in [6.07, 6.45) is -23.1. The minimum absolute atomic E-state index is 0.00404. The van der Waals surface area contributed by atoms with E-state index in [-0.39, 0.29) is 59.8 Å². The van der Waals surface area contributed by atoms with E-state index in [1.54, 1.807) is 109 Å². The van der Waals surface area contributed by atoms with E-state index in [1.165, 1.54) is 86.8 Å². The van der Waals surface area contributed by atoms with Gasteiger partial charge in [0.2, 0.25) is 5.91 Å². The van der Waals surface area contributed by atoms with Gasteiger partial charge >= 0.3 is 35.8 Å². The van der Waals surface area contributed by atoms with Gasteiger partial charge in [0.05, 0.1) is 59.8 Å². The Kier molecular flexibility index (Phi) is 26.7. The second-order valence-electron chi connectivity index (χ2n) is 25.2. The second-order valence-corrected chi connectivity index (χ2v) is 25.2. The summed E-state index contributed by atoms with van der Waals surface area (Å²) < 4.78 is 100. The molecule has 12 rings (SSSR count). The molecule has 1 N–H and O–H groups in total. The predicted octanol–water partition coefficient (Wildman–Crippen LogP) is 11.1. The molecule has 0 radical (unpaired) electrons. The van der Waals surface area contributed by atoms with E-state index in [9.17, 15) is 28.8 Å². The molecule has 3 aliphatic heterocycles. The lowest BCUT2D eigenvalue weighted by molar-refractivity contribution is -0.371. The summed E-state index contributed by atoms with van der Waals surface area (Å²) in [4.78, 5) is 103. The Balaban J connectivity index is 1.01. The Morgan fingerprint density at radius 3 is 1.04 bits per heavy atom. The van der Waals surface area contributed by atoms with Gasteiger partial charge in [-0.2, -0.15) is 0 Å². The third kappa shape index (κ3) is 20.3. The first-order valence-electron chi connectivity index (χ1n) is 34.8. The van der Waals surface area contributed by atoms with Crippen LogP contribution in [0.3, 0.4) is 0 Å². The fourth-order valence-electron chi connectivity index (χ4n) is 12.5. The Morgan fingerprint density at radius 1 is 0.308 bits per heavy atom. The average Bonchev–Trinajstić information content (AvgIpc) is 0.762. The van der Waals surface area contributed by atoms with Crippen molar-refractivity contribution in [1.29, 1.82) is 0 Å². The topological polar surface area (TPSA) is 270 Å². The smallest absolute Gasteiger partial charge is 0.338 e. The molecule has 0 saturated carbocycles. The van der Waals surface area contributed by atoms with E-state index in [1.807, 2.05) is 91.0 Å². The van der Waals surface area contributed by atoms with Gasteiger partial charge in [0, 0.05) is 14.0 Å². The molecule has 9 aromatic carbocycles. The fourth-order valence-corrected chi connectivity index (χ4v) is 12.5. The highest BCUT2D eigenvalue weighted by atomic mass is 16.8. The number of hydrogen-bond acceptors (Lipinski definition) is 22. The van der Waals surface area contributed by atoms with Crippen molar-refractivity contribution in [2.24, 2.45) is 0 Å². The van der Waals surface area contributed by atoms with Crippen molar-refractivity contribution >= 4 is 41.7 Å². The van der Waals surface area contributed by atoms with Crippen LogP contribution in [0.25, 0.3) is 0 Å². The summed E-state index contributed by atoms with van der Waals surface area (Å²) in [6.45, 7) is -0.344. The van der Waals surface area contributed by atoms with Crippen LogP contribution in [0.2, 0.25) is 0 Å². The number of carbonyl (C=O) groups excluding carboxylic acids is 7. The van der Waals surface area contributed by atoms with E-state index in [0.29, 0.717) is 0 Å². The first-order chi connectivity index (χ1) is 52.3. The Bertz CT molecular complexity index is 4310. The van der Waals surface area contributed by atoms with E-state index in [0.717, 1.165) is 16.7 Å². The average molecular weight is 1450 g/mol. The lowest BCUT2D eigenvalue weighted by atomic mass is 9.93. The van der Waals surface area contributed by atoms with Crippen molar-refractivity contribution in [1.82, 2.24) is 5.32 Å². The summed E-state index contributed by atoms with van der Waals surface area (Å²) in [5, 5.41) is 2.93. The number of methoxy groups -OCH3 is 1. The molecule has 1 amide bonds. The zero-order chi connectivity index (χ0) is 74.3. The highest BCUT2D eigenvalue weighted by Gasteiger charge is 2.60. The minimum Gasteiger partial charge on any atom is -0.459 e. The van der Waals surface area contributed by atoms with Crippen molar-refractivity contribution in [3.8, 4) is 0 Å². The SMILES string of the molecule is CO[C@@H]1O[C@H](COCc2ccccc2)[C@H](OCc2ccccc2)[C@H](O[C@@H]2O[C@H](COC(=O)c3ccccc3)[C@@H](O[C@@H]3O[C@H](COC(=O)c4ccccc4)[C@H](OC(=O)c4ccccc4)[C@H](OC(=O)c4ccccc4)[C@H]3OC(=O)c3ccccc3)[C@H](OC(=O)c3ccccc3)[C@H]2NC(C)=O)[C@H]1OCc1ccccc1. The molecule has 3 fully saturated rings. The zero-order valence-electron chi connectivity index (χ0n) is 58.4. The number of rotatable bonds is 30. The molecule has 552 valence electrons. The van der Waals surface area contributed by atoms with Crippen molar-refractivity contribution in [2.75, 3.05) is 26.9 Å². The Labute approximate surface area is 617 Å². The Hall–Kier alpha value is -11.1. The molecule has 0 spiro atoms. The molecule has 23 heteroatoms. The number of benzene rings is 9. The second kappa shape index (κ2) is 37.7. The van der Waals surface area contributed by atoms with Gasteiger partial charge in [0.1, 0.15) is 62.0 Å². The van der Waals surface area contributed by atoms with Gasteiger partial charge in [-0.15, -0.1) is 0 Å². The molecule has 0 aromatic heterocycles. The van der Waals surface area contributed by atoms with E-state index in [4.69, 9.17) is 71.1 Å².